The summed E-state index contributed by atoms with van der Waals surface area (Å²) in [5.41, 5.74) is 0. The van der Waals surface area contributed by atoms with Crippen molar-refractivity contribution in [3.63, 3.8) is 0 Å². The van der Waals surface area contributed by atoms with Crippen molar-refractivity contribution in [3.05, 3.63) is 0 Å². The molecule has 2 atom stereocenters. The number of rotatable bonds is 5. The number of thiol groups is 1. The molecule has 0 rings (SSSR count). The van der Waals surface area contributed by atoms with E-state index >= 15 is 0 Å². The third kappa shape index (κ3) is 4.21. The van der Waals surface area contributed by atoms with Crippen LogP contribution in [-0.4, -0.2) is 5.75 Å². The molecular formula is C9H20S. The lowest BCUT2D eigenvalue weighted by atomic mass is 9.90. The molecule has 0 aromatic rings. The Labute approximate surface area is 70.8 Å². The fraction of sp³-hybridized carbons (Fsp3) is 1.00. The van der Waals surface area contributed by atoms with Crippen LogP contribution in [0.4, 0.5) is 0 Å². The van der Waals surface area contributed by atoms with E-state index in [9.17, 15) is 0 Å². The Morgan fingerprint density at radius 2 is 1.60 bits per heavy atom. The Morgan fingerprint density at radius 3 is 2.00 bits per heavy atom. The van der Waals surface area contributed by atoms with E-state index in [0.29, 0.717) is 0 Å². The predicted molar refractivity (Wildman–Crippen MR) is 51.7 cm³/mol. The van der Waals surface area contributed by atoms with Crippen LogP contribution in [0.1, 0.15) is 40.0 Å². The fourth-order valence-electron chi connectivity index (χ4n) is 1.23. The smallest absolute Gasteiger partial charge is 0.00953 e. The zero-order valence-electron chi connectivity index (χ0n) is 7.43. The fourth-order valence-corrected chi connectivity index (χ4v) is 1.64. The summed E-state index contributed by atoms with van der Waals surface area (Å²) in [6.45, 7) is 6.93. The van der Waals surface area contributed by atoms with Gasteiger partial charge in [0, 0.05) is 0 Å². The highest BCUT2D eigenvalue weighted by Gasteiger charge is 2.09. The van der Waals surface area contributed by atoms with Gasteiger partial charge in [-0.25, -0.2) is 0 Å². The maximum Gasteiger partial charge on any atom is -0.00953 e. The van der Waals surface area contributed by atoms with Crippen molar-refractivity contribution in [1.29, 1.82) is 0 Å². The van der Waals surface area contributed by atoms with Gasteiger partial charge in [-0.1, -0.05) is 33.6 Å². The Hall–Kier alpha value is 0.350. The number of hydrogen-bond acceptors (Lipinski definition) is 1. The molecule has 0 saturated carbocycles. The van der Waals surface area contributed by atoms with E-state index in [1.165, 1.54) is 19.3 Å². The summed E-state index contributed by atoms with van der Waals surface area (Å²) in [4.78, 5) is 0. The maximum atomic E-state index is 4.22. The van der Waals surface area contributed by atoms with Crippen LogP contribution in [0.3, 0.4) is 0 Å². The van der Waals surface area contributed by atoms with Gasteiger partial charge >= 0.3 is 0 Å². The number of hydrogen-bond donors (Lipinski definition) is 1. The molecule has 0 heterocycles. The van der Waals surface area contributed by atoms with Gasteiger partial charge in [0.2, 0.25) is 0 Å². The molecule has 0 aliphatic heterocycles. The highest BCUT2D eigenvalue weighted by atomic mass is 32.1. The summed E-state index contributed by atoms with van der Waals surface area (Å²) in [6, 6.07) is 0. The van der Waals surface area contributed by atoms with Crippen LogP contribution in [0, 0.1) is 11.8 Å². The summed E-state index contributed by atoms with van der Waals surface area (Å²) >= 11 is 4.22. The molecule has 0 N–H and O–H groups in total. The first-order valence-electron chi connectivity index (χ1n) is 4.33. The van der Waals surface area contributed by atoms with Gasteiger partial charge in [-0.2, -0.15) is 12.6 Å². The second-order valence-electron chi connectivity index (χ2n) is 3.26. The molecule has 2 unspecified atom stereocenters. The average molecular weight is 160 g/mol. The van der Waals surface area contributed by atoms with Crippen LogP contribution in [0.25, 0.3) is 0 Å². The zero-order valence-corrected chi connectivity index (χ0v) is 8.32. The van der Waals surface area contributed by atoms with Crippen molar-refractivity contribution in [2.75, 3.05) is 5.75 Å². The molecule has 0 nitrogen and oxygen atoms in total. The standard InChI is InChI=1S/C9H20S/c1-4-5-8(2)9(3)6-7-10/h8-10H,4-7H2,1-3H3. The summed E-state index contributed by atoms with van der Waals surface area (Å²) < 4.78 is 0. The van der Waals surface area contributed by atoms with E-state index in [0.717, 1.165) is 17.6 Å². The third-order valence-corrected chi connectivity index (χ3v) is 2.56. The van der Waals surface area contributed by atoms with Crippen molar-refractivity contribution in [2.24, 2.45) is 11.8 Å². The molecular weight excluding hydrogens is 140 g/mol. The molecule has 0 amide bonds. The molecule has 0 aliphatic rings. The molecule has 10 heavy (non-hydrogen) atoms. The van der Waals surface area contributed by atoms with Crippen LogP contribution in [-0.2, 0) is 0 Å². The van der Waals surface area contributed by atoms with Gasteiger partial charge in [0.1, 0.15) is 0 Å². The van der Waals surface area contributed by atoms with Gasteiger partial charge in [0.15, 0.2) is 0 Å². The van der Waals surface area contributed by atoms with Crippen molar-refractivity contribution in [3.8, 4) is 0 Å². The van der Waals surface area contributed by atoms with Crippen LogP contribution < -0.4 is 0 Å². The highest BCUT2D eigenvalue weighted by molar-refractivity contribution is 7.80. The van der Waals surface area contributed by atoms with Gasteiger partial charge in [0.05, 0.1) is 0 Å². The minimum absolute atomic E-state index is 0.859. The van der Waals surface area contributed by atoms with Crippen LogP contribution in [0.2, 0.25) is 0 Å². The molecule has 0 radical (unpaired) electrons. The lowest BCUT2D eigenvalue weighted by molar-refractivity contribution is 0.354. The lowest BCUT2D eigenvalue weighted by Gasteiger charge is -2.17. The van der Waals surface area contributed by atoms with Crippen molar-refractivity contribution in [1.82, 2.24) is 0 Å². The molecule has 62 valence electrons. The second kappa shape index (κ2) is 6.09. The zero-order chi connectivity index (χ0) is 7.98. The van der Waals surface area contributed by atoms with Gasteiger partial charge in [-0.3, -0.25) is 0 Å². The summed E-state index contributed by atoms with van der Waals surface area (Å²) in [5, 5.41) is 0. The van der Waals surface area contributed by atoms with Crippen molar-refractivity contribution < 1.29 is 0 Å². The van der Waals surface area contributed by atoms with Gasteiger partial charge in [-0.15, -0.1) is 0 Å². The first kappa shape index (κ1) is 10.3. The van der Waals surface area contributed by atoms with E-state index in [1.807, 2.05) is 0 Å². The average Bonchev–Trinajstić information content (AvgIpc) is 1.89. The Morgan fingerprint density at radius 1 is 1.10 bits per heavy atom. The Kier molecular flexibility index (Phi) is 6.30. The van der Waals surface area contributed by atoms with Crippen molar-refractivity contribution in [2.45, 2.75) is 40.0 Å². The van der Waals surface area contributed by atoms with Crippen LogP contribution >= 0.6 is 12.6 Å². The maximum absolute atomic E-state index is 4.22. The lowest BCUT2D eigenvalue weighted by Crippen LogP contribution is -2.07. The molecule has 1 heteroatoms. The van der Waals surface area contributed by atoms with E-state index < -0.39 is 0 Å². The molecule has 0 fully saturated rings. The quantitative estimate of drug-likeness (QED) is 0.586. The molecule has 0 spiro atoms. The van der Waals surface area contributed by atoms with Gasteiger partial charge < -0.3 is 0 Å². The Balaban J connectivity index is 3.38. The molecule has 0 aromatic heterocycles. The van der Waals surface area contributed by atoms with Gasteiger partial charge in [0.25, 0.3) is 0 Å². The monoisotopic (exact) mass is 160 g/mol. The van der Waals surface area contributed by atoms with Gasteiger partial charge in [-0.05, 0) is 24.0 Å². The normalized spacial score (nSPS) is 16.8. The molecule has 0 saturated heterocycles. The summed E-state index contributed by atoms with van der Waals surface area (Å²) in [6.07, 6.45) is 3.96. The molecule has 0 aromatic carbocycles. The van der Waals surface area contributed by atoms with E-state index in [4.69, 9.17) is 0 Å². The second-order valence-corrected chi connectivity index (χ2v) is 3.70. The van der Waals surface area contributed by atoms with E-state index in [-0.39, 0.29) is 0 Å². The SMILES string of the molecule is CCCC(C)C(C)CCS. The summed E-state index contributed by atoms with van der Waals surface area (Å²) in [7, 11) is 0. The minimum Gasteiger partial charge on any atom is -0.179 e. The summed E-state index contributed by atoms with van der Waals surface area (Å²) in [5.74, 6) is 2.78. The first-order valence-corrected chi connectivity index (χ1v) is 4.96. The Bertz CT molecular complexity index is 61.1. The van der Waals surface area contributed by atoms with Crippen LogP contribution in [0.5, 0.6) is 0 Å². The first-order chi connectivity index (χ1) is 4.72. The molecule has 0 bridgehead atoms. The topological polar surface area (TPSA) is 0 Å². The predicted octanol–water partition coefficient (Wildman–Crippen LogP) is 3.38. The van der Waals surface area contributed by atoms with E-state index in [1.54, 1.807) is 0 Å². The van der Waals surface area contributed by atoms with Crippen LogP contribution in [0.15, 0.2) is 0 Å². The largest absolute Gasteiger partial charge is 0.179 e. The third-order valence-electron chi connectivity index (χ3n) is 2.30. The highest BCUT2D eigenvalue weighted by Crippen LogP contribution is 2.19. The molecule has 0 aliphatic carbocycles. The van der Waals surface area contributed by atoms with Crippen molar-refractivity contribution >= 4 is 12.6 Å². The van der Waals surface area contributed by atoms with E-state index in [2.05, 4.69) is 33.4 Å². The minimum atomic E-state index is 0.859.